The summed E-state index contributed by atoms with van der Waals surface area (Å²) in [6.07, 6.45) is 1.78. The maximum atomic E-state index is 6.17. The molecule has 0 spiro atoms. The van der Waals surface area contributed by atoms with E-state index in [4.69, 9.17) is 16.3 Å². The number of hydrogen-bond acceptors (Lipinski definition) is 3. The number of pyridine rings is 1. The smallest absolute Gasteiger partial charge is 0.191 e. The Bertz CT molecular complexity index is 915. The minimum Gasteiger partial charge on any atom is -0.487 e. The lowest BCUT2D eigenvalue weighted by Gasteiger charge is -2.15. The highest BCUT2D eigenvalue weighted by molar-refractivity contribution is 6.32. The average Bonchev–Trinajstić information content (AvgIpc) is 2.75. The van der Waals surface area contributed by atoms with Crippen LogP contribution in [-0.4, -0.2) is 18.0 Å². The number of aromatic nitrogens is 1. The number of para-hydroxylation sites is 1. The fraction of sp³-hybridized carbons (Fsp3) is 0.182. The Hall–Kier alpha value is -3.05. The second-order valence-corrected chi connectivity index (χ2v) is 6.50. The summed E-state index contributed by atoms with van der Waals surface area (Å²) >= 11 is 6.17. The fourth-order valence-corrected chi connectivity index (χ4v) is 2.85. The Morgan fingerprint density at radius 2 is 1.64 bits per heavy atom. The fourth-order valence-electron chi connectivity index (χ4n) is 2.66. The first kappa shape index (κ1) is 19.7. The summed E-state index contributed by atoms with van der Waals surface area (Å²) in [7, 11) is 1.75. The normalized spacial score (nSPS) is 11.1. The first-order valence-electron chi connectivity index (χ1n) is 9.05. The molecular formula is C22H23ClN4O. The molecule has 0 unspecified atom stereocenters. The molecule has 2 N–H and O–H groups in total. The van der Waals surface area contributed by atoms with Gasteiger partial charge in [0.1, 0.15) is 12.4 Å². The summed E-state index contributed by atoms with van der Waals surface area (Å²) < 4.78 is 5.89. The number of halogens is 1. The minimum absolute atomic E-state index is 0.446. The molecule has 0 bridgehead atoms. The van der Waals surface area contributed by atoms with Gasteiger partial charge >= 0.3 is 0 Å². The van der Waals surface area contributed by atoms with E-state index >= 15 is 0 Å². The quantitative estimate of drug-likeness (QED) is 0.466. The van der Waals surface area contributed by atoms with Crippen LogP contribution in [0.1, 0.15) is 16.8 Å². The van der Waals surface area contributed by atoms with Crippen molar-refractivity contribution in [1.29, 1.82) is 0 Å². The number of guanidine groups is 1. The van der Waals surface area contributed by atoms with E-state index in [2.05, 4.69) is 32.7 Å². The van der Waals surface area contributed by atoms with Crippen molar-refractivity contribution in [1.82, 2.24) is 15.6 Å². The van der Waals surface area contributed by atoms with E-state index < -0.39 is 0 Å². The first-order chi connectivity index (χ1) is 13.8. The Balaban J connectivity index is 1.57. The molecule has 6 heteroatoms. The lowest BCUT2D eigenvalue weighted by Crippen LogP contribution is -2.36. The molecule has 0 saturated heterocycles. The Morgan fingerprint density at radius 1 is 0.929 bits per heavy atom. The summed E-state index contributed by atoms with van der Waals surface area (Å²) in [5.74, 6) is 1.40. The van der Waals surface area contributed by atoms with Crippen molar-refractivity contribution in [3.63, 3.8) is 0 Å². The van der Waals surface area contributed by atoms with Gasteiger partial charge < -0.3 is 15.4 Å². The average molecular weight is 395 g/mol. The van der Waals surface area contributed by atoms with Gasteiger partial charge in [-0.1, -0.05) is 54.1 Å². The topological polar surface area (TPSA) is 58.5 Å². The zero-order valence-electron chi connectivity index (χ0n) is 15.7. The predicted molar refractivity (Wildman–Crippen MR) is 114 cm³/mol. The van der Waals surface area contributed by atoms with Crippen LogP contribution in [0, 0.1) is 0 Å². The van der Waals surface area contributed by atoms with E-state index in [0.29, 0.717) is 36.4 Å². The van der Waals surface area contributed by atoms with Crippen LogP contribution in [0.15, 0.2) is 77.9 Å². The predicted octanol–water partition coefficient (Wildman–Crippen LogP) is 4.18. The highest BCUT2D eigenvalue weighted by Gasteiger charge is 2.06. The molecule has 0 fully saturated rings. The molecule has 2 aromatic carbocycles. The van der Waals surface area contributed by atoms with Gasteiger partial charge in [0, 0.05) is 19.8 Å². The van der Waals surface area contributed by atoms with E-state index in [0.717, 1.165) is 16.8 Å². The van der Waals surface area contributed by atoms with Gasteiger partial charge in [-0.3, -0.25) is 9.98 Å². The van der Waals surface area contributed by atoms with Gasteiger partial charge in [-0.25, -0.2) is 0 Å². The van der Waals surface area contributed by atoms with Crippen LogP contribution in [0.4, 0.5) is 0 Å². The SMILES string of the molecule is CN=C(NCc1ccccn1)NCc1ccccc1COc1ccccc1Cl. The number of nitrogens with one attached hydrogen (secondary N) is 2. The maximum absolute atomic E-state index is 6.17. The number of rotatable bonds is 7. The zero-order chi connectivity index (χ0) is 19.6. The van der Waals surface area contributed by atoms with Gasteiger partial charge in [-0.15, -0.1) is 0 Å². The second-order valence-electron chi connectivity index (χ2n) is 6.09. The molecule has 0 saturated carbocycles. The molecule has 0 aliphatic rings. The molecule has 0 atom stereocenters. The summed E-state index contributed by atoms with van der Waals surface area (Å²) in [6.45, 7) is 1.68. The number of aliphatic imine (C=N–C) groups is 1. The molecule has 1 heterocycles. The summed E-state index contributed by atoms with van der Waals surface area (Å²) in [5.41, 5.74) is 3.18. The molecule has 0 amide bonds. The monoisotopic (exact) mass is 394 g/mol. The highest BCUT2D eigenvalue weighted by Crippen LogP contribution is 2.24. The molecule has 144 valence electrons. The standard InChI is InChI=1S/C22H23ClN4O/c1-24-22(27-15-19-10-6-7-13-25-19)26-14-17-8-2-3-9-18(17)16-28-21-12-5-4-11-20(21)23/h2-13H,14-16H2,1H3,(H2,24,26,27). The van der Waals surface area contributed by atoms with Crippen LogP contribution < -0.4 is 15.4 Å². The van der Waals surface area contributed by atoms with Gasteiger partial charge in [0.05, 0.1) is 17.3 Å². The van der Waals surface area contributed by atoms with Crippen molar-refractivity contribution in [2.75, 3.05) is 7.05 Å². The van der Waals surface area contributed by atoms with Crippen LogP contribution in [0.5, 0.6) is 5.75 Å². The highest BCUT2D eigenvalue weighted by atomic mass is 35.5. The molecule has 3 rings (SSSR count). The minimum atomic E-state index is 0.446. The van der Waals surface area contributed by atoms with Crippen molar-refractivity contribution in [3.05, 3.63) is 94.8 Å². The van der Waals surface area contributed by atoms with Crippen LogP contribution in [0.2, 0.25) is 5.02 Å². The molecule has 28 heavy (non-hydrogen) atoms. The Labute approximate surface area is 170 Å². The molecule has 1 aromatic heterocycles. The van der Waals surface area contributed by atoms with Gasteiger partial charge in [0.25, 0.3) is 0 Å². The molecular weight excluding hydrogens is 372 g/mol. The van der Waals surface area contributed by atoms with Crippen molar-refractivity contribution in [2.24, 2.45) is 4.99 Å². The van der Waals surface area contributed by atoms with E-state index in [-0.39, 0.29) is 0 Å². The van der Waals surface area contributed by atoms with Crippen molar-refractivity contribution < 1.29 is 4.74 Å². The second kappa shape index (κ2) is 10.3. The van der Waals surface area contributed by atoms with Crippen LogP contribution >= 0.6 is 11.6 Å². The van der Waals surface area contributed by atoms with Crippen molar-refractivity contribution in [2.45, 2.75) is 19.7 Å². The summed E-state index contributed by atoms with van der Waals surface area (Å²) in [6, 6.07) is 21.5. The Morgan fingerprint density at radius 3 is 2.39 bits per heavy atom. The summed E-state index contributed by atoms with van der Waals surface area (Å²) in [4.78, 5) is 8.58. The van der Waals surface area contributed by atoms with E-state index in [1.165, 1.54) is 0 Å². The number of ether oxygens (including phenoxy) is 1. The largest absolute Gasteiger partial charge is 0.487 e. The zero-order valence-corrected chi connectivity index (χ0v) is 16.5. The third-order valence-electron chi connectivity index (χ3n) is 4.17. The summed E-state index contributed by atoms with van der Waals surface area (Å²) in [5, 5.41) is 7.21. The van der Waals surface area contributed by atoms with E-state index in [1.54, 1.807) is 13.2 Å². The first-order valence-corrected chi connectivity index (χ1v) is 9.42. The van der Waals surface area contributed by atoms with Gasteiger partial charge in [0.15, 0.2) is 5.96 Å². The van der Waals surface area contributed by atoms with E-state index in [9.17, 15) is 0 Å². The van der Waals surface area contributed by atoms with Gasteiger partial charge in [-0.2, -0.15) is 0 Å². The molecule has 0 aliphatic carbocycles. The van der Waals surface area contributed by atoms with Crippen molar-refractivity contribution >= 4 is 17.6 Å². The van der Waals surface area contributed by atoms with Crippen LogP contribution in [0.3, 0.4) is 0 Å². The molecule has 5 nitrogen and oxygen atoms in total. The van der Waals surface area contributed by atoms with Gasteiger partial charge in [-0.05, 0) is 35.4 Å². The molecule has 3 aromatic rings. The number of hydrogen-bond donors (Lipinski definition) is 2. The Kier molecular flexibility index (Phi) is 7.27. The van der Waals surface area contributed by atoms with E-state index in [1.807, 2.05) is 54.6 Å². The third-order valence-corrected chi connectivity index (χ3v) is 4.48. The maximum Gasteiger partial charge on any atom is 0.191 e. The van der Waals surface area contributed by atoms with Crippen LogP contribution in [-0.2, 0) is 19.7 Å². The lowest BCUT2D eigenvalue weighted by molar-refractivity contribution is 0.305. The van der Waals surface area contributed by atoms with Crippen LogP contribution in [0.25, 0.3) is 0 Å². The molecule has 0 aliphatic heterocycles. The van der Waals surface area contributed by atoms with Gasteiger partial charge in [0.2, 0.25) is 0 Å². The third kappa shape index (κ3) is 5.72. The lowest BCUT2D eigenvalue weighted by atomic mass is 10.1. The molecule has 0 radical (unpaired) electrons. The number of nitrogens with zero attached hydrogens (tertiary/aromatic N) is 2. The number of benzene rings is 2. The van der Waals surface area contributed by atoms with Crippen molar-refractivity contribution in [3.8, 4) is 5.75 Å².